The van der Waals surface area contributed by atoms with E-state index in [1.165, 1.54) is 38.8 Å². The van der Waals surface area contributed by atoms with Crippen molar-refractivity contribution in [2.75, 3.05) is 4.90 Å². The van der Waals surface area contributed by atoms with Gasteiger partial charge in [-0.15, -0.1) is 0 Å². The Kier molecular flexibility index (Phi) is 8.00. The topological polar surface area (TPSA) is 16.4 Å². The van der Waals surface area contributed by atoms with Crippen LogP contribution in [0.15, 0.2) is 205 Å². The molecule has 0 spiro atoms. The highest BCUT2D eigenvalue weighted by atomic mass is 16.3. The molecular weight excluding hydrogens is 655 g/mol. The zero-order valence-electron chi connectivity index (χ0n) is 29.8. The molecule has 1 aromatic heterocycles. The van der Waals surface area contributed by atoms with Crippen molar-refractivity contribution in [3.8, 4) is 33.4 Å². The molecular formula is C52H37NO. The third-order valence-corrected chi connectivity index (χ3v) is 10.7. The van der Waals surface area contributed by atoms with Crippen LogP contribution in [-0.4, -0.2) is 0 Å². The first-order valence-electron chi connectivity index (χ1n) is 18.7. The molecule has 2 heteroatoms. The minimum Gasteiger partial charge on any atom is -0.455 e. The van der Waals surface area contributed by atoms with Crippen molar-refractivity contribution in [1.29, 1.82) is 0 Å². The van der Waals surface area contributed by atoms with Gasteiger partial charge >= 0.3 is 0 Å². The molecule has 1 aliphatic carbocycles. The fraction of sp³-hybridized carbons (Fsp3) is 0.0385. The summed E-state index contributed by atoms with van der Waals surface area (Å²) in [5.41, 5.74) is 14.7. The number of nitrogens with zero attached hydrogens (tertiary/aromatic N) is 1. The molecule has 54 heavy (non-hydrogen) atoms. The molecule has 0 N–H and O–H groups in total. The van der Waals surface area contributed by atoms with Crippen LogP contribution in [0.4, 0.5) is 17.1 Å². The highest BCUT2D eigenvalue weighted by molar-refractivity contribution is 6.20. The quantitative estimate of drug-likeness (QED) is 0.165. The third kappa shape index (κ3) is 5.70. The largest absolute Gasteiger partial charge is 0.455 e. The van der Waals surface area contributed by atoms with Crippen LogP contribution in [0, 0.1) is 0 Å². The summed E-state index contributed by atoms with van der Waals surface area (Å²) in [6, 6.07) is 65.5. The van der Waals surface area contributed by atoms with Crippen molar-refractivity contribution in [2.45, 2.75) is 12.8 Å². The van der Waals surface area contributed by atoms with Crippen LogP contribution < -0.4 is 4.90 Å². The summed E-state index contributed by atoms with van der Waals surface area (Å²) in [5.74, 6) is 0. The molecule has 0 fully saturated rings. The van der Waals surface area contributed by atoms with Crippen LogP contribution in [-0.2, 0) is 0 Å². The lowest BCUT2D eigenvalue weighted by Gasteiger charge is -2.28. The lowest BCUT2D eigenvalue weighted by atomic mass is 9.94. The van der Waals surface area contributed by atoms with Crippen molar-refractivity contribution in [3.63, 3.8) is 0 Å². The second-order valence-corrected chi connectivity index (χ2v) is 14.0. The van der Waals surface area contributed by atoms with E-state index in [1.807, 2.05) is 0 Å². The number of hydrogen-bond acceptors (Lipinski definition) is 2. The molecule has 0 radical (unpaired) electrons. The number of fused-ring (bicyclic) bond motifs is 5. The molecule has 0 saturated carbocycles. The molecule has 0 aliphatic heterocycles. The smallest absolute Gasteiger partial charge is 0.143 e. The fourth-order valence-electron chi connectivity index (χ4n) is 8.05. The zero-order chi connectivity index (χ0) is 35.8. The number of allylic oxidation sites excluding steroid dienone is 4. The van der Waals surface area contributed by atoms with Crippen molar-refractivity contribution >= 4 is 55.3 Å². The zero-order valence-corrected chi connectivity index (χ0v) is 29.8. The van der Waals surface area contributed by atoms with Crippen molar-refractivity contribution in [3.05, 3.63) is 206 Å². The summed E-state index contributed by atoms with van der Waals surface area (Å²) < 4.78 is 6.94. The lowest BCUT2D eigenvalue weighted by molar-refractivity contribution is 0.673. The lowest BCUT2D eigenvalue weighted by Crippen LogP contribution is -2.11. The van der Waals surface area contributed by atoms with Gasteiger partial charge in [0.05, 0.1) is 5.69 Å². The molecule has 8 aromatic carbocycles. The fourth-order valence-corrected chi connectivity index (χ4v) is 8.05. The summed E-state index contributed by atoms with van der Waals surface area (Å²) in [6.07, 6.45) is 8.79. The molecule has 0 saturated heterocycles. The van der Waals surface area contributed by atoms with Crippen LogP contribution in [0.25, 0.3) is 71.7 Å². The van der Waals surface area contributed by atoms with E-state index in [0.717, 1.165) is 68.4 Å². The molecule has 0 bridgehead atoms. The Morgan fingerprint density at radius 1 is 0.426 bits per heavy atom. The number of hydrogen-bond donors (Lipinski definition) is 0. The first-order valence-corrected chi connectivity index (χ1v) is 18.7. The van der Waals surface area contributed by atoms with Gasteiger partial charge in [-0.25, -0.2) is 0 Å². The van der Waals surface area contributed by atoms with Gasteiger partial charge in [-0.1, -0.05) is 158 Å². The molecule has 1 heterocycles. The van der Waals surface area contributed by atoms with E-state index in [9.17, 15) is 0 Å². The van der Waals surface area contributed by atoms with Crippen LogP contribution >= 0.6 is 0 Å². The molecule has 9 aromatic rings. The molecule has 1 aliphatic rings. The predicted molar refractivity (Wildman–Crippen MR) is 229 cm³/mol. The van der Waals surface area contributed by atoms with Crippen LogP contribution in [0.1, 0.15) is 18.4 Å². The highest BCUT2D eigenvalue weighted by Gasteiger charge is 2.22. The average molecular weight is 692 g/mol. The van der Waals surface area contributed by atoms with Gasteiger partial charge in [0.15, 0.2) is 0 Å². The first kappa shape index (κ1) is 31.8. The Labute approximate surface area is 315 Å². The van der Waals surface area contributed by atoms with Gasteiger partial charge < -0.3 is 9.32 Å². The first-order chi connectivity index (χ1) is 26.8. The molecule has 2 nitrogen and oxygen atoms in total. The Morgan fingerprint density at radius 3 is 1.59 bits per heavy atom. The number of anilines is 3. The number of rotatable bonds is 7. The SMILES string of the molecule is C1=CCCC(c2ccc(N(c3ccc(-c4ccccc4)cc3)c3cc4oc5c6ccccc6c(-c6ccccc6)cc5c4cc3-c3ccccc3)cc2)=C1. The molecule has 0 unspecified atom stereocenters. The van der Waals surface area contributed by atoms with Gasteiger partial charge in [0.1, 0.15) is 11.2 Å². The van der Waals surface area contributed by atoms with E-state index < -0.39 is 0 Å². The normalized spacial score (nSPS) is 12.7. The minimum atomic E-state index is 0.858. The van der Waals surface area contributed by atoms with E-state index >= 15 is 0 Å². The van der Waals surface area contributed by atoms with Gasteiger partial charge in [-0.3, -0.25) is 0 Å². The third-order valence-electron chi connectivity index (χ3n) is 10.7. The summed E-state index contributed by atoms with van der Waals surface area (Å²) in [5, 5.41) is 4.51. The van der Waals surface area contributed by atoms with E-state index in [0.29, 0.717) is 0 Å². The predicted octanol–water partition coefficient (Wildman–Crippen LogP) is 14.9. The summed E-state index contributed by atoms with van der Waals surface area (Å²) in [4.78, 5) is 2.39. The van der Waals surface area contributed by atoms with Gasteiger partial charge in [-0.05, 0) is 93.6 Å². The van der Waals surface area contributed by atoms with Crippen molar-refractivity contribution < 1.29 is 4.42 Å². The van der Waals surface area contributed by atoms with Crippen LogP contribution in [0.5, 0.6) is 0 Å². The summed E-state index contributed by atoms with van der Waals surface area (Å²) in [6.45, 7) is 0. The highest BCUT2D eigenvalue weighted by Crippen LogP contribution is 2.47. The number of furan rings is 1. The van der Waals surface area contributed by atoms with Crippen LogP contribution in [0.3, 0.4) is 0 Å². The maximum Gasteiger partial charge on any atom is 0.143 e. The van der Waals surface area contributed by atoms with Crippen LogP contribution in [0.2, 0.25) is 0 Å². The minimum absolute atomic E-state index is 0.858. The van der Waals surface area contributed by atoms with Crippen molar-refractivity contribution in [1.82, 2.24) is 0 Å². The molecule has 0 atom stereocenters. The van der Waals surface area contributed by atoms with Gasteiger partial charge in [0.25, 0.3) is 0 Å². The Hall–Kier alpha value is -6.90. The molecule has 10 rings (SSSR count). The number of benzene rings is 8. The van der Waals surface area contributed by atoms with Gasteiger partial charge in [0.2, 0.25) is 0 Å². The van der Waals surface area contributed by atoms with Gasteiger partial charge in [-0.2, -0.15) is 0 Å². The monoisotopic (exact) mass is 691 g/mol. The second kappa shape index (κ2) is 13.6. The Morgan fingerprint density at radius 2 is 0.963 bits per heavy atom. The van der Waals surface area contributed by atoms with E-state index in [1.54, 1.807) is 0 Å². The van der Waals surface area contributed by atoms with Gasteiger partial charge in [0, 0.05) is 39.2 Å². The Balaban J connectivity index is 1.22. The van der Waals surface area contributed by atoms with E-state index in [4.69, 9.17) is 4.42 Å². The molecule has 256 valence electrons. The maximum absolute atomic E-state index is 6.94. The molecule has 0 amide bonds. The standard InChI is InChI=1S/C52H37NO/c1-5-15-36(16-6-1)38-25-29-42(30-26-38)53(43-31-27-39(28-32-43)37-17-7-2-8-18-37)50-35-51-48(34-47(50)41-21-11-4-12-22-41)49-33-46(40-19-9-3-10-20-40)44-23-13-14-24-45(44)52(49)54-51/h1-7,9-17,19-35H,8,18H2. The van der Waals surface area contributed by atoms with E-state index in [-0.39, 0.29) is 0 Å². The van der Waals surface area contributed by atoms with E-state index in [2.05, 4.69) is 205 Å². The average Bonchev–Trinajstić information content (AvgIpc) is 3.62. The Bertz CT molecular complexity index is 2830. The maximum atomic E-state index is 6.94. The van der Waals surface area contributed by atoms with Crippen molar-refractivity contribution in [2.24, 2.45) is 0 Å². The summed E-state index contributed by atoms with van der Waals surface area (Å²) in [7, 11) is 0. The second-order valence-electron chi connectivity index (χ2n) is 14.0. The summed E-state index contributed by atoms with van der Waals surface area (Å²) >= 11 is 0.